The number of rotatable bonds is 8. The van der Waals surface area contributed by atoms with Crippen LogP contribution in [0.1, 0.15) is 27.7 Å². The SMILES string of the molecule is CC(C)COCCNCC(Cl)C(C)C. The summed E-state index contributed by atoms with van der Waals surface area (Å²) in [6, 6.07) is 0. The van der Waals surface area contributed by atoms with Crippen LogP contribution >= 0.6 is 11.6 Å². The average Bonchev–Trinajstić information content (AvgIpc) is 2.09. The van der Waals surface area contributed by atoms with Gasteiger partial charge in [0.15, 0.2) is 0 Å². The molecule has 14 heavy (non-hydrogen) atoms. The Balaban J connectivity index is 3.13. The molecule has 0 rings (SSSR count). The van der Waals surface area contributed by atoms with Crippen LogP contribution in [0, 0.1) is 11.8 Å². The van der Waals surface area contributed by atoms with Crippen LogP contribution in [0.5, 0.6) is 0 Å². The van der Waals surface area contributed by atoms with Crippen LogP contribution in [0.4, 0.5) is 0 Å². The summed E-state index contributed by atoms with van der Waals surface area (Å²) in [7, 11) is 0. The molecular formula is C11H24ClNO. The Morgan fingerprint density at radius 3 is 2.36 bits per heavy atom. The van der Waals surface area contributed by atoms with E-state index in [1.54, 1.807) is 0 Å². The first kappa shape index (κ1) is 14.2. The number of ether oxygens (including phenoxy) is 1. The third kappa shape index (κ3) is 8.79. The highest BCUT2D eigenvalue weighted by Crippen LogP contribution is 2.07. The number of alkyl halides is 1. The molecule has 86 valence electrons. The molecule has 0 aliphatic rings. The molecular weight excluding hydrogens is 198 g/mol. The predicted molar refractivity (Wildman–Crippen MR) is 63.0 cm³/mol. The summed E-state index contributed by atoms with van der Waals surface area (Å²) in [5.41, 5.74) is 0. The number of hydrogen-bond acceptors (Lipinski definition) is 2. The van der Waals surface area contributed by atoms with Gasteiger partial charge in [-0.3, -0.25) is 0 Å². The van der Waals surface area contributed by atoms with Crippen molar-refractivity contribution in [3.63, 3.8) is 0 Å². The van der Waals surface area contributed by atoms with Crippen molar-refractivity contribution < 1.29 is 4.74 Å². The minimum Gasteiger partial charge on any atom is -0.380 e. The van der Waals surface area contributed by atoms with Gasteiger partial charge in [0.25, 0.3) is 0 Å². The first-order valence-electron chi connectivity index (χ1n) is 5.46. The van der Waals surface area contributed by atoms with Crippen LogP contribution in [0.15, 0.2) is 0 Å². The number of hydrogen-bond donors (Lipinski definition) is 1. The second kappa shape index (κ2) is 8.51. The van der Waals surface area contributed by atoms with Gasteiger partial charge in [-0.25, -0.2) is 0 Å². The van der Waals surface area contributed by atoms with E-state index in [0.717, 1.165) is 26.3 Å². The van der Waals surface area contributed by atoms with Crippen molar-refractivity contribution >= 4 is 11.6 Å². The van der Waals surface area contributed by atoms with Gasteiger partial charge in [0.05, 0.1) is 6.61 Å². The van der Waals surface area contributed by atoms with Gasteiger partial charge in [0, 0.05) is 25.1 Å². The standard InChI is InChI=1S/C11H24ClNO/c1-9(2)8-14-6-5-13-7-11(12)10(3)4/h9-11,13H,5-8H2,1-4H3. The van der Waals surface area contributed by atoms with Crippen LogP contribution in [0.25, 0.3) is 0 Å². The monoisotopic (exact) mass is 221 g/mol. The molecule has 1 unspecified atom stereocenters. The van der Waals surface area contributed by atoms with E-state index in [2.05, 4.69) is 33.0 Å². The van der Waals surface area contributed by atoms with E-state index in [0.29, 0.717) is 11.8 Å². The van der Waals surface area contributed by atoms with E-state index < -0.39 is 0 Å². The zero-order valence-electron chi connectivity index (χ0n) is 9.85. The number of nitrogens with one attached hydrogen (secondary N) is 1. The third-order valence-electron chi connectivity index (χ3n) is 1.94. The molecule has 0 bridgehead atoms. The Labute approximate surface area is 93.4 Å². The van der Waals surface area contributed by atoms with Gasteiger partial charge in [-0.15, -0.1) is 11.6 Å². The van der Waals surface area contributed by atoms with Gasteiger partial charge in [-0.05, 0) is 11.8 Å². The maximum Gasteiger partial charge on any atom is 0.0591 e. The maximum absolute atomic E-state index is 6.08. The molecule has 0 saturated carbocycles. The van der Waals surface area contributed by atoms with Crippen molar-refractivity contribution in [1.29, 1.82) is 0 Å². The topological polar surface area (TPSA) is 21.3 Å². The molecule has 0 saturated heterocycles. The van der Waals surface area contributed by atoms with Crippen molar-refractivity contribution in [3.8, 4) is 0 Å². The molecule has 1 N–H and O–H groups in total. The molecule has 0 aromatic rings. The molecule has 0 heterocycles. The van der Waals surface area contributed by atoms with E-state index in [9.17, 15) is 0 Å². The summed E-state index contributed by atoms with van der Waals surface area (Å²) in [6.07, 6.45) is 0. The van der Waals surface area contributed by atoms with E-state index in [1.165, 1.54) is 0 Å². The highest BCUT2D eigenvalue weighted by molar-refractivity contribution is 6.20. The molecule has 1 atom stereocenters. The average molecular weight is 222 g/mol. The quantitative estimate of drug-likeness (QED) is 0.503. The van der Waals surface area contributed by atoms with Gasteiger partial charge in [-0.2, -0.15) is 0 Å². The maximum atomic E-state index is 6.08. The normalized spacial score (nSPS) is 13.9. The minimum atomic E-state index is 0.222. The molecule has 0 amide bonds. The first-order chi connectivity index (χ1) is 6.54. The van der Waals surface area contributed by atoms with Crippen LogP contribution in [0.3, 0.4) is 0 Å². The summed E-state index contributed by atoms with van der Waals surface area (Å²) in [6.45, 7) is 12.0. The van der Waals surface area contributed by atoms with Crippen molar-refractivity contribution in [2.24, 2.45) is 11.8 Å². The Morgan fingerprint density at radius 2 is 1.86 bits per heavy atom. The highest BCUT2D eigenvalue weighted by atomic mass is 35.5. The zero-order chi connectivity index (χ0) is 11.0. The summed E-state index contributed by atoms with van der Waals surface area (Å²) < 4.78 is 5.43. The fourth-order valence-corrected chi connectivity index (χ4v) is 1.05. The lowest BCUT2D eigenvalue weighted by Crippen LogP contribution is -2.29. The molecule has 0 aromatic carbocycles. The van der Waals surface area contributed by atoms with Crippen LogP contribution < -0.4 is 5.32 Å². The lowest BCUT2D eigenvalue weighted by atomic mass is 10.1. The van der Waals surface area contributed by atoms with Gasteiger partial charge in [0.1, 0.15) is 0 Å². The molecule has 0 spiro atoms. The largest absolute Gasteiger partial charge is 0.380 e. The van der Waals surface area contributed by atoms with Crippen LogP contribution in [0.2, 0.25) is 0 Å². The second-order valence-electron chi connectivity index (χ2n) is 4.43. The first-order valence-corrected chi connectivity index (χ1v) is 5.90. The van der Waals surface area contributed by atoms with Gasteiger partial charge < -0.3 is 10.1 Å². The van der Waals surface area contributed by atoms with E-state index in [4.69, 9.17) is 16.3 Å². The molecule has 0 aliphatic heterocycles. The highest BCUT2D eigenvalue weighted by Gasteiger charge is 2.07. The molecule has 2 nitrogen and oxygen atoms in total. The van der Waals surface area contributed by atoms with Crippen molar-refractivity contribution in [1.82, 2.24) is 5.32 Å². The van der Waals surface area contributed by atoms with Crippen molar-refractivity contribution in [3.05, 3.63) is 0 Å². The van der Waals surface area contributed by atoms with Crippen LogP contribution in [-0.4, -0.2) is 31.7 Å². The van der Waals surface area contributed by atoms with E-state index in [-0.39, 0.29) is 5.38 Å². The molecule has 3 heteroatoms. The molecule has 0 aliphatic carbocycles. The lowest BCUT2D eigenvalue weighted by Gasteiger charge is -2.14. The lowest BCUT2D eigenvalue weighted by molar-refractivity contribution is 0.112. The van der Waals surface area contributed by atoms with Gasteiger partial charge >= 0.3 is 0 Å². The fraction of sp³-hybridized carbons (Fsp3) is 1.00. The zero-order valence-corrected chi connectivity index (χ0v) is 10.6. The van der Waals surface area contributed by atoms with E-state index >= 15 is 0 Å². The second-order valence-corrected chi connectivity index (χ2v) is 4.99. The number of halogens is 1. The Kier molecular flexibility index (Phi) is 8.64. The predicted octanol–water partition coefficient (Wildman–Crippen LogP) is 2.51. The van der Waals surface area contributed by atoms with Gasteiger partial charge in [-0.1, -0.05) is 27.7 Å². The Bertz CT molecular complexity index is 128. The van der Waals surface area contributed by atoms with Crippen molar-refractivity contribution in [2.75, 3.05) is 26.3 Å². The minimum absolute atomic E-state index is 0.222. The fourth-order valence-electron chi connectivity index (χ4n) is 0.939. The van der Waals surface area contributed by atoms with Crippen molar-refractivity contribution in [2.45, 2.75) is 33.1 Å². The summed E-state index contributed by atoms with van der Waals surface area (Å²) >= 11 is 6.08. The van der Waals surface area contributed by atoms with Gasteiger partial charge in [0.2, 0.25) is 0 Å². The Hall–Kier alpha value is 0.210. The summed E-state index contributed by atoms with van der Waals surface area (Å²) in [4.78, 5) is 0. The smallest absolute Gasteiger partial charge is 0.0591 e. The molecule has 0 radical (unpaired) electrons. The summed E-state index contributed by atoms with van der Waals surface area (Å²) in [5, 5.41) is 3.51. The molecule has 0 fully saturated rings. The summed E-state index contributed by atoms with van der Waals surface area (Å²) in [5.74, 6) is 1.15. The molecule has 0 aromatic heterocycles. The van der Waals surface area contributed by atoms with Crippen LogP contribution in [-0.2, 0) is 4.74 Å². The third-order valence-corrected chi connectivity index (χ3v) is 2.60. The Morgan fingerprint density at radius 1 is 1.21 bits per heavy atom. The van der Waals surface area contributed by atoms with E-state index in [1.807, 2.05) is 0 Å².